The molecular formula is C21H25BrF2N2O4. The molecule has 1 aliphatic carbocycles. The number of halogens is 3. The second-order valence-corrected chi connectivity index (χ2v) is 9.13. The maximum Gasteiger partial charge on any atom is 0.327 e. The van der Waals surface area contributed by atoms with E-state index in [1.165, 1.54) is 0 Å². The molecule has 1 aliphatic heterocycles. The number of likely N-dealkylation sites (tertiary alicyclic amines) is 1. The molecule has 2 fully saturated rings. The standard InChI is InChI=1S/C21H25BrF2N2O4/c1-21(23,24)17(13-7-3-2-4-8-13)25-20(30)26-16(19(28)29)15(18(26)27)11-12-6-5-9-14(22)10-12/h5-6,9-10,13,15-17H,2-4,7-8,11H2,1H3,(H,25,30)(H,28,29)/t15?,16-,17-/m0/s1. The van der Waals surface area contributed by atoms with Crippen molar-refractivity contribution in [3.63, 3.8) is 0 Å². The van der Waals surface area contributed by atoms with Gasteiger partial charge < -0.3 is 10.4 Å². The van der Waals surface area contributed by atoms with Crippen LogP contribution in [0.15, 0.2) is 28.7 Å². The van der Waals surface area contributed by atoms with Crippen molar-refractivity contribution in [3.05, 3.63) is 34.3 Å². The van der Waals surface area contributed by atoms with Crippen LogP contribution >= 0.6 is 15.9 Å². The lowest BCUT2D eigenvalue weighted by Gasteiger charge is -2.44. The molecule has 0 spiro atoms. The van der Waals surface area contributed by atoms with Gasteiger partial charge >= 0.3 is 12.0 Å². The second-order valence-electron chi connectivity index (χ2n) is 8.21. The first-order valence-corrected chi connectivity index (χ1v) is 10.9. The van der Waals surface area contributed by atoms with Crippen LogP contribution in [0.25, 0.3) is 0 Å². The van der Waals surface area contributed by atoms with Gasteiger partial charge in [0.1, 0.15) is 0 Å². The van der Waals surface area contributed by atoms with E-state index in [0.717, 1.165) is 36.2 Å². The number of alkyl halides is 2. The van der Waals surface area contributed by atoms with Crippen LogP contribution in [-0.4, -0.2) is 45.9 Å². The van der Waals surface area contributed by atoms with Gasteiger partial charge in [0.05, 0.1) is 12.0 Å². The van der Waals surface area contributed by atoms with Gasteiger partial charge in [-0.25, -0.2) is 23.3 Å². The van der Waals surface area contributed by atoms with E-state index in [1.54, 1.807) is 24.3 Å². The van der Waals surface area contributed by atoms with Gasteiger partial charge in [0.25, 0.3) is 5.92 Å². The number of carboxylic acid groups (broad SMARTS) is 1. The molecule has 2 aliphatic rings. The summed E-state index contributed by atoms with van der Waals surface area (Å²) in [6, 6.07) is 3.22. The predicted molar refractivity (Wildman–Crippen MR) is 109 cm³/mol. The van der Waals surface area contributed by atoms with Gasteiger partial charge in [0, 0.05) is 11.4 Å². The van der Waals surface area contributed by atoms with Crippen LogP contribution in [-0.2, 0) is 16.0 Å². The first-order valence-electron chi connectivity index (χ1n) is 10.1. The highest BCUT2D eigenvalue weighted by Crippen LogP contribution is 2.35. The molecule has 0 bridgehead atoms. The van der Waals surface area contributed by atoms with Crippen molar-refractivity contribution >= 4 is 33.8 Å². The highest BCUT2D eigenvalue weighted by molar-refractivity contribution is 9.10. The number of carbonyl (C=O) groups is 3. The molecule has 1 heterocycles. The minimum atomic E-state index is -3.18. The molecule has 3 amide bonds. The average molecular weight is 487 g/mol. The van der Waals surface area contributed by atoms with Gasteiger partial charge in [-0.2, -0.15) is 0 Å². The Bertz CT molecular complexity index is 823. The van der Waals surface area contributed by atoms with Crippen molar-refractivity contribution in [2.75, 3.05) is 0 Å². The third-order valence-electron chi connectivity index (χ3n) is 5.98. The first kappa shape index (κ1) is 22.7. The van der Waals surface area contributed by atoms with Crippen molar-refractivity contribution in [1.82, 2.24) is 10.2 Å². The highest BCUT2D eigenvalue weighted by Gasteiger charge is 2.55. The monoisotopic (exact) mass is 486 g/mol. The maximum atomic E-state index is 14.2. The number of imide groups is 1. The van der Waals surface area contributed by atoms with Crippen LogP contribution in [0, 0.1) is 11.8 Å². The third-order valence-corrected chi connectivity index (χ3v) is 6.47. The molecule has 1 aromatic carbocycles. The number of nitrogens with one attached hydrogen (secondary N) is 1. The minimum absolute atomic E-state index is 0.148. The summed E-state index contributed by atoms with van der Waals surface area (Å²) in [6.45, 7) is 0.745. The fourth-order valence-electron chi connectivity index (χ4n) is 4.50. The van der Waals surface area contributed by atoms with E-state index >= 15 is 0 Å². The number of β-lactam (4-membered cyclic amide) rings is 1. The largest absolute Gasteiger partial charge is 0.480 e. The van der Waals surface area contributed by atoms with Crippen LogP contribution in [0.2, 0.25) is 0 Å². The van der Waals surface area contributed by atoms with E-state index in [0.29, 0.717) is 17.7 Å². The van der Waals surface area contributed by atoms with Gasteiger partial charge in [-0.05, 0) is 42.9 Å². The van der Waals surface area contributed by atoms with E-state index in [9.17, 15) is 28.3 Å². The summed E-state index contributed by atoms with van der Waals surface area (Å²) in [5, 5.41) is 11.9. The Morgan fingerprint density at radius 2 is 1.97 bits per heavy atom. The Hall–Kier alpha value is -2.03. The van der Waals surface area contributed by atoms with Crippen LogP contribution < -0.4 is 5.32 Å². The first-order chi connectivity index (χ1) is 14.1. The van der Waals surface area contributed by atoms with Crippen molar-refractivity contribution in [2.24, 2.45) is 11.8 Å². The lowest BCUT2D eigenvalue weighted by atomic mass is 9.81. The SMILES string of the molecule is CC(F)(F)[C@@H](NC(=O)N1C(=O)C(Cc2cccc(Br)c2)[C@H]1C(=O)O)C1CCCCC1. The van der Waals surface area contributed by atoms with Gasteiger partial charge in [-0.3, -0.25) is 4.79 Å². The molecule has 164 valence electrons. The smallest absolute Gasteiger partial charge is 0.327 e. The normalized spacial score (nSPS) is 23.6. The number of urea groups is 1. The Morgan fingerprint density at radius 1 is 1.30 bits per heavy atom. The van der Waals surface area contributed by atoms with Gasteiger partial charge in [-0.15, -0.1) is 0 Å². The number of carboxylic acids is 1. The van der Waals surface area contributed by atoms with Crippen molar-refractivity contribution in [2.45, 2.75) is 63.5 Å². The third kappa shape index (κ3) is 4.82. The minimum Gasteiger partial charge on any atom is -0.480 e. The Kier molecular flexibility index (Phi) is 6.79. The number of benzene rings is 1. The molecule has 2 N–H and O–H groups in total. The van der Waals surface area contributed by atoms with Crippen LogP contribution in [0.3, 0.4) is 0 Å². The van der Waals surface area contributed by atoms with Gasteiger partial charge in [-0.1, -0.05) is 47.3 Å². The zero-order valence-corrected chi connectivity index (χ0v) is 18.2. The van der Waals surface area contributed by atoms with E-state index in [2.05, 4.69) is 21.2 Å². The van der Waals surface area contributed by atoms with Crippen molar-refractivity contribution < 1.29 is 28.3 Å². The lowest BCUT2D eigenvalue weighted by molar-refractivity contribution is -0.165. The van der Waals surface area contributed by atoms with Crippen LogP contribution in [0.5, 0.6) is 0 Å². The molecule has 1 saturated heterocycles. The number of nitrogens with zero attached hydrogens (tertiary/aromatic N) is 1. The zero-order chi connectivity index (χ0) is 22.1. The average Bonchev–Trinajstić information content (AvgIpc) is 2.67. The van der Waals surface area contributed by atoms with Crippen LogP contribution in [0.4, 0.5) is 13.6 Å². The Morgan fingerprint density at radius 3 is 2.53 bits per heavy atom. The quantitative estimate of drug-likeness (QED) is 0.589. The number of rotatable bonds is 6. The number of aliphatic carboxylic acids is 1. The fraction of sp³-hybridized carbons (Fsp3) is 0.571. The van der Waals surface area contributed by atoms with Gasteiger partial charge in [0.2, 0.25) is 5.91 Å². The zero-order valence-electron chi connectivity index (χ0n) is 16.6. The number of amides is 3. The van der Waals surface area contributed by atoms with E-state index in [1.807, 2.05) is 0 Å². The fourth-order valence-corrected chi connectivity index (χ4v) is 4.95. The van der Waals surface area contributed by atoms with E-state index < -0.39 is 47.7 Å². The molecule has 0 aromatic heterocycles. The van der Waals surface area contributed by atoms with Crippen molar-refractivity contribution in [1.29, 1.82) is 0 Å². The van der Waals surface area contributed by atoms with E-state index in [-0.39, 0.29) is 6.42 Å². The molecule has 30 heavy (non-hydrogen) atoms. The second kappa shape index (κ2) is 8.99. The van der Waals surface area contributed by atoms with Crippen LogP contribution in [0.1, 0.15) is 44.6 Å². The summed E-state index contributed by atoms with van der Waals surface area (Å²) in [6.07, 6.45) is 3.86. The summed E-state index contributed by atoms with van der Waals surface area (Å²) >= 11 is 3.32. The number of carbonyl (C=O) groups excluding carboxylic acids is 2. The molecule has 3 rings (SSSR count). The van der Waals surface area contributed by atoms with Gasteiger partial charge in [0.15, 0.2) is 6.04 Å². The number of hydrogen-bond donors (Lipinski definition) is 2. The molecule has 0 radical (unpaired) electrons. The summed E-state index contributed by atoms with van der Waals surface area (Å²) in [5.74, 6) is -6.50. The Labute approximate surface area is 182 Å². The van der Waals surface area contributed by atoms with E-state index in [4.69, 9.17) is 0 Å². The molecule has 9 heteroatoms. The molecule has 1 aromatic rings. The molecule has 3 atom stereocenters. The molecule has 1 unspecified atom stereocenters. The molecule has 6 nitrogen and oxygen atoms in total. The topological polar surface area (TPSA) is 86.7 Å². The highest BCUT2D eigenvalue weighted by atomic mass is 79.9. The number of hydrogen-bond acceptors (Lipinski definition) is 3. The summed E-state index contributed by atoms with van der Waals surface area (Å²) in [5.41, 5.74) is 0.745. The summed E-state index contributed by atoms with van der Waals surface area (Å²) < 4.78 is 29.3. The molecular weight excluding hydrogens is 462 g/mol. The Balaban J connectivity index is 1.74. The lowest BCUT2D eigenvalue weighted by Crippen LogP contribution is -2.70. The predicted octanol–water partition coefficient (Wildman–Crippen LogP) is 4.22. The summed E-state index contributed by atoms with van der Waals surface area (Å²) in [7, 11) is 0. The maximum absolute atomic E-state index is 14.2. The molecule has 1 saturated carbocycles. The van der Waals surface area contributed by atoms with Crippen molar-refractivity contribution in [3.8, 4) is 0 Å². The summed E-state index contributed by atoms with van der Waals surface area (Å²) in [4.78, 5) is 37.6.